The van der Waals surface area contributed by atoms with Gasteiger partial charge in [-0.15, -0.1) is 24.0 Å². The molecule has 0 spiro atoms. The minimum Gasteiger partial charge on any atom is -0.359 e. The van der Waals surface area contributed by atoms with Crippen LogP contribution in [0.2, 0.25) is 0 Å². The molecule has 1 aromatic carbocycles. The molecule has 0 aliphatic carbocycles. The molecule has 0 aliphatic rings. The number of nitrogens with one attached hydrogen (secondary N) is 3. The lowest BCUT2D eigenvalue weighted by Crippen LogP contribution is -2.44. The lowest BCUT2D eigenvalue weighted by atomic mass is 9.93. The predicted molar refractivity (Wildman–Crippen MR) is 129 cm³/mol. The van der Waals surface area contributed by atoms with Gasteiger partial charge in [-0.1, -0.05) is 44.2 Å². The van der Waals surface area contributed by atoms with Crippen molar-refractivity contribution >= 4 is 35.8 Å². The fourth-order valence-corrected chi connectivity index (χ4v) is 3.02. The highest BCUT2D eigenvalue weighted by molar-refractivity contribution is 14.0. The fourth-order valence-electron chi connectivity index (χ4n) is 3.02. The topological polar surface area (TPSA) is 68.8 Å². The molecule has 0 saturated carbocycles. The summed E-state index contributed by atoms with van der Waals surface area (Å²) in [5, 5.41) is 9.45. The number of likely N-dealkylation sites (N-methyl/N-ethyl adjacent to an activating group) is 1. The number of halogens is 1. The Morgan fingerprint density at radius 3 is 2.21 bits per heavy atom. The molecule has 7 heteroatoms. The van der Waals surface area contributed by atoms with Gasteiger partial charge in [0.1, 0.15) is 0 Å². The van der Waals surface area contributed by atoms with Crippen LogP contribution in [0.25, 0.3) is 0 Å². The van der Waals surface area contributed by atoms with Crippen LogP contribution in [0.1, 0.15) is 46.2 Å². The van der Waals surface area contributed by atoms with Crippen LogP contribution in [0.3, 0.4) is 0 Å². The molecule has 0 radical (unpaired) electrons. The van der Waals surface area contributed by atoms with Gasteiger partial charge in [0.15, 0.2) is 5.96 Å². The molecule has 28 heavy (non-hydrogen) atoms. The van der Waals surface area contributed by atoms with Crippen LogP contribution in [0.5, 0.6) is 0 Å². The van der Waals surface area contributed by atoms with Crippen molar-refractivity contribution in [2.45, 2.75) is 40.7 Å². The van der Waals surface area contributed by atoms with Crippen molar-refractivity contribution in [3.05, 3.63) is 35.9 Å². The van der Waals surface area contributed by atoms with E-state index in [0.29, 0.717) is 6.54 Å². The maximum Gasteiger partial charge on any atom is 0.227 e. The molecule has 160 valence electrons. The molecule has 1 aromatic rings. The monoisotopic (exact) mass is 503 g/mol. The zero-order valence-corrected chi connectivity index (χ0v) is 20.5. The van der Waals surface area contributed by atoms with E-state index >= 15 is 0 Å². The third-order valence-electron chi connectivity index (χ3n) is 4.72. The summed E-state index contributed by atoms with van der Waals surface area (Å²) in [5.41, 5.74) is 0.740. The average Bonchev–Trinajstić information content (AvgIpc) is 2.69. The Bertz CT molecular complexity index is 588. The maximum atomic E-state index is 12.0. The van der Waals surface area contributed by atoms with E-state index in [-0.39, 0.29) is 35.9 Å². The Kier molecular flexibility index (Phi) is 13.1. The minimum atomic E-state index is -0.547. The minimum absolute atomic E-state index is 0. The number of carbonyl (C=O) groups is 1. The van der Waals surface area contributed by atoms with Crippen molar-refractivity contribution in [2.75, 3.05) is 39.8 Å². The van der Waals surface area contributed by atoms with Gasteiger partial charge in [0, 0.05) is 20.1 Å². The van der Waals surface area contributed by atoms with Gasteiger partial charge < -0.3 is 16.0 Å². The second kappa shape index (κ2) is 13.8. The second-order valence-electron chi connectivity index (χ2n) is 7.19. The number of carbonyl (C=O) groups excluding carboxylic acids is 1. The first-order chi connectivity index (χ1) is 12.9. The van der Waals surface area contributed by atoms with E-state index in [9.17, 15) is 4.79 Å². The van der Waals surface area contributed by atoms with E-state index in [1.54, 1.807) is 7.05 Å². The van der Waals surface area contributed by atoms with E-state index in [1.165, 1.54) is 5.56 Å². The Morgan fingerprint density at radius 1 is 1.11 bits per heavy atom. The van der Waals surface area contributed by atoms with Crippen molar-refractivity contribution in [1.82, 2.24) is 20.9 Å². The van der Waals surface area contributed by atoms with Gasteiger partial charge in [-0.05, 0) is 39.4 Å². The predicted octanol–water partition coefficient (Wildman–Crippen LogP) is 3.01. The number of hydrogen-bond donors (Lipinski definition) is 3. The van der Waals surface area contributed by atoms with Gasteiger partial charge in [0.05, 0.1) is 18.0 Å². The Hall–Kier alpha value is -1.35. The first-order valence-corrected chi connectivity index (χ1v) is 9.92. The van der Waals surface area contributed by atoms with Gasteiger partial charge in [0.2, 0.25) is 5.91 Å². The standard InChI is InChI=1S/C21H37N5O.HI/c1-7-23-20(25-16-21(4,5)19(27)22-6)24-15-18(26(8-2)9-3)17-13-11-10-12-14-17;/h10-14,18H,7-9,15-16H2,1-6H3,(H,22,27)(H2,23,24,25);1H. The summed E-state index contributed by atoms with van der Waals surface area (Å²) >= 11 is 0. The quantitative estimate of drug-likeness (QED) is 0.261. The Labute approximate surface area is 188 Å². The van der Waals surface area contributed by atoms with Crippen LogP contribution >= 0.6 is 24.0 Å². The zero-order valence-electron chi connectivity index (χ0n) is 18.2. The normalized spacial score (nSPS) is 12.9. The number of hydrogen-bond acceptors (Lipinski definition) is 3. The highest BCUT2D eigenvalue weighted by Gasteiger charge is 2.26. The third-order valence-corrected chi connectivity index (χ3v) is 4.72. The second-order valence-corrected chi connectivity index (χ2v) is 7.19. The number of aliphatic imine (C=N–C) groups is 1. The van der Waals surface area contributed by atoms with Crippen LogP contribution in [-0.2, 0) is 4.79 Å². The molecule has 0 saturated heterocycles. The van der Waals surface area contributed by atoms with Crippen LogP contribution in [-0.4, -0.2) is 56.5 Å². The van der Waals surface area contributed by atoms with Gasteiger partial charge in [-0.3, -0.25) is 14.7 Å². The molecule has 0 aromatic heterocycles. The van der Waals surface area contributed by atoms with Crippen molar-refractivity contribution in [1.29, 1.82) is 0 Å². The fraction of sp³-hybridized carbons (Fsp3) is 0.619. The van der Waals surface area contributed by atoms with Crippen molar-refractivity contribution in [2.24, 2.45) is 10.4 Å². The molecular weight excluding hydrogens is 465 g/mol. The van der Waals surface area contributed by atoms with E-state index < -0.39 is 5.41 Å². The molecule has 1 rings (SSSR count). The summed E-state index contributed by atoms with van der Waals surface area (Å²) in [6.45, 7) is 14.1. The molecule has 6 nitrogen and oxygen atoms in total. The molecule has 0 heterocycles. The Balaban J connectivity index is 0.00000729. The molecule has 1 unspecified atom stereocenters. The van der Waals surface area contributed by atoms with E-state index in [4.69, 9.17) is 0 Å². The SMILES string of the molecule is CCNC(=NCC(C)(C)C(=O)NC)NCC(c1ccccc1)N(CC)CC.I. The van der Waals surface area contributed by atoms with Crippen LogP contribution in [0, 0.1) is 5.41 Å². The zero-order chi connectivity index (χ0) is 20.3. The largest absolute Gasteiger partial charge is 0.359 e. The van der Waals surface area contributed by atoms with Crippen LogP contribution in [0.15, 0.2) is 35.3 Å². The van der Waals surface area contributed by atoms with Gasteiger partial charge in [-0.2, -0.15) is 0 Å². The molecule has 1 atom stereocenters. The number of nitrogens with zero attached hydrogens (tertiary/aromatic N) is 2. The van der Waals surface area contributed by atoms with Gasteiger partial charge >= 0.3 is 0 Å². The molecule has 0 aliphatic heterocycles. The summed E-state index contributed by atoms with van der Waals surface area (Å²) in [4.78, 5) is 19.1. The van der Waals surface area contributed by atoms with Gasteiger partial charge in [0.25, 0.3) is 0 Å². The highest BCUT2D eigenvalue weighted by Crippen LogP contribution is 2.19. The molecule has 1 amide bonds. The maximum absolute atomic E-state index is 12.0. The number of benzene rings is 1. The van der Waals surface area contributed by atoms with Crippen molar-refractivity contribution in [3.63, 3.8) is 0 Å². The smallest absolute Gasteiger partial charge is 0.227 e. The van der Waals surface area contributed by atoms with Crippen molar-refractivity contribution < 1.29 is 4.79 Å². The highest BCUT2D eigenvalue weighted by atomic mass is 127. The summed E-state index contributed by atoms with van der Waals surface area (Å²) in [7, 11) is 1.66. The lowest BCUT2D eigenvalue weighted by Gasteiger charge is -2.31. The molecule has 0 fully saturated rings. The van der Waals surface area contributed by atoms with Gasteiger partial charge in [-0.25, -0.2) is 0 Å². The van der Waals surface area contributed by atoms with Crippen LogP contribution in [0.4, 0.5) is 0 Å². The van der Waals surface area contributed by atoms with Crippen LogP contribution < -0.4 is 16.0 Å². The van der Waals surface area contributed by atoms with E-state index in [0.717, 1.165) is 32.1 Å². The Morgan fingerprint density at radius 2 is 1.71 bits per heavy atom. The number of rotatable bonds is 10. The number of guanidine groups is 1. The summed E-state index contributed by atoms with van der Waals surface area (Å²) in [5.74, 6) is 0.731. The third kappa shape index (κ3) is 8.34. The summed E-state index contributed by atoms with van der Waals surface area (Å²) < 4.78 is 0. The molecule has 0 bridgehead atoms. The first kappa shape index (κ1) is 26.6. The summed E-state index contributed by atoms with van der Waals surface area (Å²) in [6, 6.07) is 10.8. The molecule has 3 N–H and O–H groups in total. The van der Waals surface area contributed by atoms with E-state index in [2.05, 4.69) is 64.0 Å². The lowest BCUT2D eigenvalue weighted by molar-refractivity contribution is -0.128. The average molecular weight is 503 g/mol. The summed E-state index contributed by atoms with van der Waals surface area (Å²) in [6.07, 6.45) is 0. The van der Waals surface area contributed by atoms with Crippen molar-refractivity contribution in [3.8, 4) is 0 Å². The number of amides is 1. The van der Waals surface area contributed by atoms with E-state index in [1.807, 2.05) is 26.8 Å². The molecular formula is C21H38IN5O. The first-order valence-electron chi connectivity index (χ1n) is 9.92.